The zero-order chi connectivity index (χ0) is 20.7. The minimum atomic E-state index is -1.63. The molecule has 2 aliphatic rings. The van der Waals surface area contributed by atoms with Crippen LogP contribution in [0, 0.1) is 17.8 Å². The predicted molar refractivity (Wildman–Crippen MR) is 112 cm³/mol. The average molecular weight is 400 g/mol. The molecule has 1 heterocycles. The summed E-state index contributed by atoms with van der Waals surface area (Å²) in [7, 11) is 0. The molecule has 1 saturated heterocycles. The van der Waals surface area contributed by atoms with Crippen LogP contribution in [0.5, 0.6) is 0 Å². The van der Waals surface area contributed by atoms with Gasteiger partial charge in [0.2, 0.25) is 0 Å². The Morgan fingerprint density at radius 2 is 1.83 bits per heavy atom. The number of carbonyl (C=O) groups excluding carboxylic acids is 1. The average Bonchev–Trinajstić information content (AvgIpc) is 2.74. The van der Waals surface area contributed by atoms with E-state index in [0.717, 1.165) is 58.4 Å². The molecule has 1 saturated carbocycles. The summed E-state index contributed by atoms with van der Waals surface area (Å²) >= 11 is 0. The Kier molecular flexibility index (Phi) is 7.34. The van der Waals surface area contributed by atoms with E-state index in [1.54, 1.807) is 13.8 Å². The standard InChI is InChI=1S/C24H33NO4/c1-23(2,14-9-15-25-16-18-28-19-17-25)29-22(26)24(27,20-10-5-3-6-11-20)21-12-7-4-8-13-21/h3,5-6,10-11,21,27H,4,7-8,12-13,15-19H2,1-2H3. The van der Waals surface area contributed by atoms with E-state index in [1.807, 2.05) is 30.3 Å². The van der Waals surface area contributed by atoms with Crippen molar-refractivity contribution in [3.63, 3.8) is 0 Å². The van der Waals surface area contributed by atoms with Gasteiger partial charge in [-0.25, -0.2) is 4.79 Å². The van der Waals surface area contributed by atoms with E-state index in [4.69, 9.17) is 9.47 Å². The second-order valence-electron chi connectivity index (χ2n) is 8.56. The van der Waals surface area contributed by atoms with Gasteiger partial charge in [-0.1, -0.05) is 61.4 Å². The first-order valence-corrected chi connectivity index (χ1v) is 10.7. The molecule has 1 atom stereocenters. The SMILES string of the molecule is CC(C)(C#CCN1CCOCC1)OC(=O)C(O)(c1ccccc1)C1CCCCC1. The molecule has 2 fully saturated rings. The fourth-order valence-electron chi connectivity index (χ4n) is 4.19. The molecule has 0 amide bonds. The van der Waals surface area contributed by atoms with E-state index in [0.29, 0.717) is 12.1 Å². The van der Waals surface area contributed by atoms with E-state index in [9.17, 15) is 9.90 Å². The third kappa shape index (κ3) is 5.60. The molecule has 1 aromatic carbocycles. The summed E-state index contributed by atoms with van der Waals surface area (Å²) in [6.45, 7) is 7.37. The molecule has 0 spiro atoms. The van der Waals surface area contributed by atoms with E-state index in [2.05, 4.69) is 16.7 Å². The van der Waals surface area contributed by atoms with Gasteiger partial charge < -0.3 is 14.6 Å². The fourth-order valence-corrected chi connectivity index (χ4v) is 4.19. The zero-order valence-corrected chi connectivity index (χ0v) is 17.7. The van der Waals surface area contributed by atoms with Crippen LogP contribution in [-0.4, -0.2) is 54.4 Å². The third-order valence-electron chi connectivity index (χ3n) is 5.86. The van der Waals surface area contributed by atoms with E-state index < -0.39 is 17.2 Å². The number of nitrogens with zero attached hydrogens (tertiary/aromatic N) is 1. The number of hydrogen-bond acceptors (Lipinski definition) is 5. The molecule has 3 rings (SSSR count). The van der Waals surface area contributed by atoms with Crippen LogP contribution < -0.4 is 0 Å². The van der Waals surface area contributed by atoms with Crippen molar-refractivity contribution >= 4 is 5.97 Å². The maximum absolute atomic E-state index is 13.3. The molecular formula is C24H33NO4. The van der Waals surface area contributed by atoms with Crippen molar-refractivity contribution in [1.82, 2.24) is 4.90 Å². The molecule has 0 bridgehead atoms. The Labute approximate surface area is 174 Å². The van der Waals surface area contributed by atoms with Crippen LogP contribution in [0.3, 0.4) is 0 Å². The van der Waals surface area contributed by atoms with Crippen molar-refractivity contribution in [3.8, 4) is 11.8 Å². The van der Waals surface area contributed by atoms with Crippen LogP contribution in [0.25, 0.3) is 0 Å². The highest BCUT2D eigenvalue weighted by molar-refractivity contribution is 5.82. The van der Waals surface area contributed by atoms with Crippen molar-refractivity contribution in [1.29, 1.82) is 0 Å². The summed E-state index contributed by atoms with van der Waals surface area (Å²) in [5.74, 6) is 5.48. The lowest BCUT2D eigenvalue weighted by atomic mass is 9.73. The van der Waals surface area contributed by atoms with Crippen LogP contribution in [-0.2, 0) is 19.9 Å². The molecular weight excluding hydrogens is 366 g/mol. The number of ether oxygens (including phenoxy) is 2. The first-order chi connectivity index (χ1) is 13.9. The summed E-state index contributed by atoms with van der Waals surface area (Å²) in [6.07, 6.45) is 4.84. The number of esters is 1. The Morgan fingerprint density at radius 3 is 2.48 bits per heavy atom. The van der Waals surface area contributed by atoms with Gasteiger partial charge in [0.1, 0.15) is 0 Å². The molecule has 5 heteroatoms. The van der Waals surface area contributed by atoms with E-state index >= 15 is 0 Å². The second-order valence-corrected chi connectivity index (χ2v) is 8.56. The maximum atomic E-state index is 13.3. The van der Waals surface area contributed by atoms with Gasteiger partial charge in [0, 0.05) is 19.0 Å². The van der Waals surface area contributed by atoms with Crippen molar-refractivity contribution in [2.24, 2.45) is 5.92 Å². The van der Waals surface area contributed by atoms with Gasteiger partial charge in [-0.05, 0) is 32.3 Å². The Balaban J connectivity index is 1.73. The Morgan fingerprint density at radius 1 is 1.17 bits per heavy atom. The lowest BCUT2D eigenvalue weighted by molar-refractivity contribution is -0.184. The Hall–Kier alpha value is -1.87. The van der Waals surface area contributed by atoms with Crippen LogP contribution in [0.2, 0.25) is 0 Å². The smallest absolute Gasteiger partial charge is 0.344 e. The van der Waals surface area contributed by atoms with Crippen LogP contribution in [0.4, 0.5) is 0 Å². The minimum absolute atomic E-state index is 0.136. The van der Waals surface area contributed by atoms with E-state index in [-0.39, 0.29) is 5.92 Å². The van der Waals surface area contributed by atoms with Crippen LogP contribution in [0.1, 0.15) is 51.5 Å². The number of hydrogen-bond donors (Lipinski definition) is 1. The van der Waals surface area contributed by atoms with Gasteiger partial charge in [0.25, 0.3) is 0 Å². The lowest BCUT2D eigenvalue weighted by Gasteiger charge is -2.38. The quantitative estimate of drug-likeness (QED) is 0.609. The molecule has 1 aliphatic carbocycles. The summed E-state index contributed by atoms with van der Waals surface area (Å²) < 4.78 is 11.1. The van der Waals surface area contributed by atoms with Gasteiger partial charge in [0.15, 0.2) is 11.2 Å². The minimum Gasteiger partial charge on any atom is -0.444 e. The normalized spacial score (nSPS) is 20.9. The summed E-state index contributed by atoms with van der Waals surface area (Å²) in [5, 5.41) is 11.6. The monoisotopic (exact) mass is 399 g/mol. The van der Waals surface area contributed by atoms with Crippen molar-refractivity contribution in [3.05, 3.63) is 35.9 Å². The zero-order valence-electron chi connectivity index (χ0n) is 17.7. The molecule has 5 nitrogen and oxygen atoms in total. The molecule has 1 aliphatic heterocycles. The van der Waals surface area contributed by atoms with E-state index in [1.165, 1.54) is 0 Å². The highest BCUT2D eigenvalue weighted by atomic mass is 16.6. The highest BCUT2D eigenvalue weighted by Gasteiger charge is 2.48. The summed E-state index contributed by atoms with van der Waals surface area (Å²) in [4.78, 5) is 15.5. The highest BCUT2D eigenvalue weighted by Crippen LogP contribution is 2.41. The number of aliphatic hydroxyl groups is 1. The molecule has 158 valence electrons. The molecule has 1 unspecified atom stereocenters. The number of morpholine rings is 1. The van der Waals surface area contributed by atoms with Crippen molar-refractivity contribution in [2.45, 2.75) is 57.2 Å². The molecule has 0 aromatic heterocycles. The largest absolute Gasteiger partial charge is 0.444 e. The fraction of sp³-hybridized carbons (Fsp3) is 0.625. The predicted octanol–water partition coefficient (Wildman–Crippen LogP) is 3.11. The van der Waals surface area contributed by atoms with Gasteiger partial charge in [-0.15, -0.1) is 0 Å². The van der Waals surface area contributed by atoms with Crippen LogP contribution >= 0.6 is 0 Å². The number of benzene rings is 1. The van der Waals surface area contributed by atoms with Crippen molar-refractivity contribution in [2.75, 3.05) is 32.8 Å². The maximum Gasteiger partial charge on any atom is 0.344 e. The van der Waals surface area contributed by atoms with Crippen molar-refractivity contribution < 1.29 is 19.4 Å². The number of rotatable bonds is 5. The molecule has 1 aromatic rings. The summed E-state index contributed by atoms with van der Waals surface area (Å²) in [6, 6.07) is 9.21. The topological polar surface area (TPSA) is 59.0 Å². The molecule has 29 heavy (non-hydrogen) atoms. The third-order valence-corrected chi connectivity index (χ3v) is 5.86. The summed E-state index contributed by atoms with van der Waals surface area (Å²) in [5.41, 5.74) is -2.00. The first-order valence-electron chi connectivity index (χ1n) is 10.7. The lowest BCUT2D eigenvalue weighted by Crippen LogP contribution is -2.47. The Bertz CT molecular complexity index is 724. The van der Waals surface area contributed by atoms with Crippen LogP contribution in [0.15, 0.2) is 30.3 Å². The number of carbonyl (C=O) groups is 1. The van der Waals surface area contributed by atoms with Gasteiger partial charge in [-0.2, -0.15) is 0 Å². The molecule has 1 N–H and O–H groups in total. The first kappa shape index (κ1) is 21.8. The van der Waals surface area contributed by atoms with Gasteiger partial charge in [-0.3, -0.25) is 4.90 Å². The molecule has 0 radical (unpaired) electrons. The van der Waals surface area contributed by atoms with Gasteiger partial charge in [0.05, 0.1) is 19.8 Å². The second kappa shape index (κ2) is 9.75. The van der Waals surface area contributed by atoms with Gasteiger partial charge >= 0.3 is 5.97 Å².